The van der Waals surface area contributed by atoms with Gasteiger partial charge in [0.25, 0.3) is 0 Å². The maximum atomic E-state index is 6.87. The fourth-order valence-corrected chi connectivity index (χ4v) is 9.34. The van der Waals surface area contributed by atoms with Crippen LogP contribution in [-0.2, 0) is 0 Å². The van der Waals surface area contributed by atoms with Crippen LogP contribution >= 0.6 is 0 Å². The average Bonchev–Trinajstić information content (AvgIpc) is 3.75. The Balaban J connectivity index is 0.000000708. The zero-order valence-corrected chi connectivity index (χ0v) is 38.3. The highest BCUT2D eigenvalue weighted by atomic mass is 15.0. The first kappa shape index (κ1) is 43.1. The standard InChI is InChI=1S/C59H44N2.C6H7N/c1-2-3-35-52(60)49-36-37-53-51(40-49)58-56(44-27-15-7-16-28-44)54(42-23-11-5-12-24-42)55(43-25-13-6-14-26-43)57(45-29-17-8-18-30-45)59(58)61(53)50-34-20-33-48(39-50)47-32-19-31-46(38-47)41-21-9-4-10-22-41;1-6-2-4-7-5-3-6/h2-40H,60H2,1H3;2-5H,1H3/b3-2-,52-35-;. The van der Waals surface area contributed by atoms with Gasteiger partial charge in [-0.05, 0) is 124 Å². The van der Waals surface area contributed by atoms with Gasteiger partial charge in [0.1, 0.15) is 0 Å². The Hall–Kier alpha value is -8.79. The van der Waals surface area contributed by atoms with Crippen LogP contribution in [-0.4, -0.2) is 9.55 Å². The second-order valence-electron chi connectivity index (χ2n) is 16.9. The van der Waals surface area contributed by atoms with Crippen LogP contribution in [0.3, 0.4) is 0 Å². The summed E-state index contributed by atoms with van der Waals surface area (Å²) in [5, 5.41) is 2.31. The molecule has 0 aliphatic heterocycles. The summed E-state index contributed by atoms with van der Waals surface area (Å²) in [5.74, 6) is 0. The van der Waals surface area contributed by atoms with E-state index >= 15 is 0 Å². The molecule has 0 unspecified atom stereocenters. The molecule has 3 heteroatoms. The first-order valence-corrected chi connectivity index (χ1v) is 23.2. The van der Waals surface area contributed by atoms with Gasteiger partial charge < -0.3 is 10.3 Å². The Morgan fingerprint density at radius 3 is 1.43 bits per heavy atom. The minimum absolute atomic E-state index is 0.718. The molecule has 0 spiro atoms. The first-order valence-electron chi connectivity index (χ1n) is 23.2. The Morgan fingerprint density at radius 1 is 0.441 bits per heavy atom. The second-order valence-corrected chi connectivity index (χ2v) is 16.9. The Kier molecular flexibility index (Phi) is 12.5. The summed E-state index contributed by atoms with van der Waals surface area (Å²) in [7, 11) is 0. The van der Waals surface area contributed by atoms with Crippen LogP contribution in [0.15, 0.2) is 261 Å². The summed E-state index contributed by atoms with van der Waals surface area (Å²) in [4.78, 5) is 3.85. The van der Waals surface area contributed by atoms with Crippen molar-refractivity contribution in [2.45, 2.75) is 13.8 Å². The molecule has 0 atom stereocenters. The van der Waals surface area contributed by atoms with Gasteiger partial charge >= 0.3 is 0 Å². The maximum Gasteiger partial charge on any atom is 0.0632 e. The summed E-state index contributed by atoms with van der Waals surface area (Å²) in [5.41, 5.74) is 27.2. The third-order valence-corrected chi connectivity index (χ3v) is 12.5. The number of benzene rings is 9. The summed E-state index contributed by atoms with van der Waals surface area (Å²) in [6.07, 6.45) is 9.58. The molecule has 0 amide bonds. The van der Waals surface area contributed by atoms with Crippen LogP contribution in [0.25, 0.3) is 100.0 Å². The van der Waals surface area contributed by atoms with Crippen molar-refractivity contribution in [1.82, 2.24) is 9.55 Å². The summed E-state index contributed by atoms with van der Waals surface area (Å²) >= 11 is 0. The summed E-state index contributed by atoms with van der Waals surface area (Å²) in [6.45, 7) is 4.06. The van der Waals surface area contributed by atoms with E-state index in [1.165, 1.54) is 44.3 Å². The maximum absolute atomic E-state index is 6.87. The van der Waals surface area contributed by atoms with Gasteiger partial charge in [-0.25, -0.2) is 0 Å². The lowest BCUT2D eigenvalue weighted by molar-refractivity contribution is 1.18. The molecule has 0 radical (unpaired) electrons. The fraction of sp³-hybridized carbons (Fsp3) is 0.0308. The van der Waals surface area contributed by atoms with Gasteiger partial charge in [0, 0.05) is 51.2 Å². The number of pyridine rings is 1. The van der Waals surface area contributed by atoms with Gasteiger partial charge in [-0.3, -0.25) is 4.98 Å². The van der Waals surface area contributed by atoms with Crippen LogP contribution in [0.1, 0.15) is 18.1 Å². The van der Waals surface area contributed by atoms with E-state index in [1.807, 2.05) is 44.2 Å². The smallest absolute Gasteiger partial charge is 0.0632 e. The average molecular weight is 874 g/mol. The third-order valence-electron chi connectivity index (χ3n) is 12.5. The molecular formula is C65H51N3. The molecule has 9 aromatic carbocycles. The molecule has 0 fully saturated rings. The van der Waals surface area contributed by atoms with Crippen LogP contribution in [0.2, 0.25) is 0 Å². The highest BCUT2D eigenvalue weighted by Crippen LogP contribution is 2.54. The third kappa shape index (κ3) is 8.69. The number of allylic oxidation sites excluding steroid dienone is 3. The zero-order chi connectivity index (χ0) is 46.2. The van der Waals surface area contributed by atoms with Gasteiger partial charge in [-0.1, -0.05) is 200 Å². The van der Waals surface area contributed by atoms with Gasteiger partial charge in [-0.2, -0.15) is 0 Å². The normalized spacial score (nSPS) is 11.5. The van der Waals surface area contributed by atoms with Crippen LogP contribution in [0.5, 0.6) is 0 Å². The van der Waals surface area contributed by atoms with Crippen molar-refractivity contribution in [2.75, 3.05) is 0 Å². The predicted octanol–water partition coefficient (Wildman–Crippen LogP) is 17.1. The van der Waals surface area contributed by atoms with Crippen molar-refractivity contribution in [3.63, 3.8) is 0 Å². The van der Waals surface area contributed by atoms with Gasteiger partial charge in [0.15, 0.2) is 0 Å². The van der Waals surface area contributed by atoms with Crippen molar-refractivity contribution in [3.8, 4) is 72.4 Å². The minimum atomic E-state index is 0.718. The van der Waals surface area contributed by atoms with Crippen LogP contribution in [0, 0.1) is 6.92 Å². The highest BCUT2D eigenvalue weighted by Gasteiger charge is 2.29. The molecule has 3 nitrogen and oxygen atoms in total. The number of rotatable bonds is 9. The quantitative estimate of drug-likeness (QED) is 0.147. The van der Waals surface area contributed by atoms with Crippen molar-refractivity contribution < 1.29 is 0 Å². The summed E-state index contributed by atoms with van der Waals surface area (Å²) < 4.78 is 2.50. The van der Waals surface area contributed by atoms with E-state index in [0.29, 0.717) is 0 Å². The molecule has 68 heavy (non-hydrogen) atoms. The molecule has 0 aliphatic carbocycles. The van der Waals surface area contributed by atoms with Gasteiger partial charge in [0.2, 0.25) is 0 Å². The minimum Gasteiger partial charge on any atom is -0.398 e. The van der Waals surface area contributed by atoms with Crippen molar-refractivity contribution in [1.29, 1.82) is 0 Å². The number of fused-ring (bicyclic) bond motifs is 3. The van der Waals surface area contributed by atoms with Gasteiger partial charge in [-0.15, -0.1) is 0 Å². The van der Waals surface area contributed by atoms with Crippen molar-refractivity contribution in [3.05, 3.63) is 272 Å². The lowest BCUT2D eigenvalue weighted by atomic mass is 9.80. The lowest BCUT2D eigenvalue weighted by Crippen LogP contribution is -2.01. The molecule has 2 N–H and O–H groups in total. The van der Waals surface area contributed by atoms with E-state index < -0.39 is 0 Å². The lowest BCUT2D eigenvalue weighted by Gasteiger charge is -2.24. The monoisotopic (exact) mass is 873 g/mol. The SMILES string of the molecule is C/C=C\C=C(/N)c1ccc2c(c1)c1c(-c3ccccc3)c(-c3ccccc3)c(-c3ccccc3)c(-c3ccccc3)c1n2-c1cccc(-c2cccc(-c3ccccc3)c2)c1.Cc1ccncc1. The molecule has 0 aliphatic rings. The molecule has 0 saturated heterocycles. The van der Waals surface area contributed by atoms with Crippen molar-refractivity contribution in [2.24, 2.45) is 5.73 Å². The fourth-order valence-electron chi connectivity index (χ4n) is 9.34. The van der Waals surface area contributed by atoms with Crippen molar-refractivity contribution >= 4 is 27.5 Å². The van der Waals surface area contributed by atoms with E-state index in [2.05, 4.69) is 228 Å². The number of nitrogens with two attached hydrogens (primary N) is 1. The zero-order valence-electron chi connectivity index (χ0n) is 38.3. The highest BCUT2D eigenvalue weighted by molar-refractivity contribution is 6.26. The summed E-state index contributed by atoms with van der Waals surface area (Å²) in [6, 6.07) is 82.9. The van der Waals surface area contributed by atoms with Gasteiger partial charge in [0.05, 0.1) is 11.0 Å². The molecule has 11 rings (SSSR count). The Labute approximate surface area is 399 Å². The molecule has 2 heterocycles. The van der Waals surface area contributed by atoms with E-state index in [4.69, 9.17) is 5.73 Å². The molecule has 11 aromatic rings. The van der Waals surface area contributed by atoms with Crippen LogP contribution in [0.4, 0.5) is 0 Å². The number of nitrogens with zero attached hydrogens (tertiary/aromatic N) is 2. The largest absolute Gasteiger partial charge is 0.398 e. The number of hydrogen-bond donors (Lipinski definition) is 1. The predicted molar refractivity (Wildman–Crippen MR) is 289 cm³/mol. The molecule has 2 aromatic heterocycles. The molecule has 326 valence electrons. The van der Waals surface area contributed by atoms with E-state index in [-0.39, 0.29) is 0 Å². The number of aromatic nitrogens is 2. The van der Waals surface area contributed by atoms with Crippen LogP contribution < -0.4 is 5.73 Å². The molecular weight excluding hydrogens is 823 g/mol. The van der Waals surface area contributed by atoms with E-state index in [0.717, 1.165) is 66.7 Å². The Morgan fingerprint density at radius 2 is 0.897 bits per heavy atom. The number of hydrogen-bond acceptors (Lipinski definition) is 2. The molecule has 0 bridgehead atoms. The van der Waals surface area contributed by atoms with E-state index in [1.54, 1.807) is 12.4 Å². The topological polar surface area (TPSA) is 43.8 Å². The van der Waals surface area contributed by atoms with E-state index in [9.17, 15) is 0 Å². The molecule has 0 saturated carbocycles. The number of aryl methyl sites for hydroxylation is 1. The first-order chi connectivity index (χ1) is 33.6. The second kappa shape index (κ2) is 19.8. The Bertz CT molecular complexity index is 3540.